The van der Waals surface area contributed by atoms with Crippen LogP contribution in [0.3, 0.4) is 0 Å². The highest BCUT2D eigenvalue weighted by Crippen LogP contribution is 2.34. The van der Waals surface area contributed by atoms with Gasteiger partial charge < -0.3 is 9.47 Å². The van der Waals surface area contributed by atoms with Gasteiger partial charge in [-0.25, -0.2) is 0 Å². The molecular weight excluding hydrogens is 264 g/mol. The van der Waals surface area contributed by atoms with E-state index in [0.29, 0.717) is 35.2 Å². The normalized spacial score (nSPS) is 13.6. The number of aromatic nitrogens is 1. The first kappa shape index (κ1) is 12.0. The van der Waals surface area contributed by atoms with Crippen molar-refractivity contribution in [1.29, 1.82) is 0 Å². The number of hydrogen-bond acceptors (Lipinski definition) is 5. The summed E-state index contributed by atoms with van der Waals surface area (Å²) in [6.07, 6.45) is 3.30. The van der Waals surface area contributed by atoms with E-state index in [4.69, 9.17) is 9.47 Å². The number of rotatable bonds is 2. The first-order chi connectivity index (χ1) is 9.31. The Labute approximate surface area is 114 Å². The van der Waals surface area contributed by atoms with Gasteiger partial charge in [0.25, 0.3) is 5.91 Å². The lowest BCUT2D eigenvalue weighted by Crippen LogP contribution is -2.37. The second kappa shape index (κ2) is 4.89. The van der Waals surface area contributed by atoms with Crippen molar-refractivity contribution in [1.82, 2.24) is 4.98 Å². The van der Waals surface area contributed by atoms with Gasteiger partial charge in [-0.3, -0.25) is 14.7 Å². The van der Waals surface area contributed by atoms with E-state index in [2.05, 4.69) is 4.98 Å². The Morgan fingerprint density at radius 3 is 3.26 bits per heavy atom. The van der Waals surface area contributed by atoms with E-state index in [0.717, 1.165) is 0 Å². The minimum Gasteiger partial charge on any atom is -0.495 e. The number of amides is 1. The Kier molecular flexibility index (Phi) is 3.08. The van der Waals surface area contributed by atoms with E-state index in [9.17, 15) is 4.79 Å². The van der Waals surface area contributed by atoms with Crippen LogP contribution in [0, 0.1) is 0 Å². The number of fused-ring (bicyclic) bond motifs is 1. The molecule has 2 aromatic rings. The highest BCUT2D eigenvalue weighted by atomic mass is 32.1. The predicted octanol–water partition coefficient (Wildman–Crippen LogP) is 2.19. The quantitative estimate of drug-likeness (QED) is 0.843. The zero-order chi connectivity index (χ0) is 13.2. The van der Waals surface area contributed by atoms with E-state index in [1.54, 1.807) is 36.5 Å². The summed E-state index contributed by atoms with van der Waals surface area (Å²) in [6.45, 7) is 0.995. The monoisotopic (exact) mass is 276 g/mol. The summed E-state index contributed by atoms with van der Waals surface area (Å²) in [5, 5.41) is 1.84. The van der Waals surface area contributed by atoms with Crippen LogP contribution >= 0.6 is 11.3 Å². The van der Waals surface area contributed by atoms with Crippen LogP contribution in [-0.2, 0) is 0 Å². The number of thiophene rings is 1. The second-order valence-corrected chi connectivity index (χ2v) is 4.88. The maximum atomic E-state index is 12.6. The molecule has 0 radical (unpaired) electrons. The number of hydrogen-bond donors (Lipinski definition) is 0. The van der Waals surface area contributed by atoms with Crippen LogP contribution in [0.15, 0.2) is 29.9 Å². The van der Waals surface area contributed by atoms with Crippen LogP contribution in [0.25, 0.3) is 0 Å². The maximum Gasteiger partial charge on any atom is 0.272 e. The molecule has 0 bridgehead atoms. The fourth-order valence-electron chi connectivity index (χ4n) is 2.01. The number of nitrogens with zero attached hydrogens (tertiary/aromatic N) is 2. The van der Waals surface area contributed by atoms with Crippen LogP contribution in [0.4, 0.5) is 5.69 Å². The largest absolute Gasteiger partial charge is 0.495 e. The van der Waals surface area contributed by atoms with E-state index >= 15 is 0 Å². The van der Waals surface area contributed by atoms with Gasteiger partial charge >= 0.3 is 0 Å². The number of carbonyl (C=O) groups is 1. The lowest BCUT2D eigenvalue weighted by molar-refractivity contribution is 0.0977. The predicted molar refractivity (Wildman–Crippen MR) is 72.3 cm³/mol. The molecule has 0 aromatic carbocycles. The third-order valence-electron chi connectivity index (χ3n) is 2.91. The molecule has 3 heterocycles. The lowest BCUT2D eigenvalue weighted by atomic mass is 10.2. The molecule has 0 spiro atoms. The van der Waals surface area contributed by atoms with Gasteiger partial charge in [0.1, 0.15) is 28.7 Å². The van der Waals surface area contributed by atoms with Crippen LogP contribution in [0.1, 0.15) is 9.67 Å². The van der Waals surface area contributed by atoms with Gasteiger partial charge in [-0.2, -0.15) is 0 Å². The molecule has 0 atom stereocenters. The minimum absolute atomic E-state index is 0.0793. The molecule has 1 aliphatic heterocycles. The molecule has 1 amide bonds. The summed E-state index contributed by atoms with van der Waals surface area (Å²) in [7, 11) is 1.56. The molecular formula is C13H12N2O3S. The standard InChI is InChI=1S/C13H12N2O3S/c1-17-11-3-7-19-12(11)13(16)15-5-6-18-10-2-4-14-8-9(10)15/h2-4,7-8H,5-6H2,1H3. The summed E-state index contributed by atoms with van der Waals surface area (Å²) >= 11 is 1.37. The highest BCUT2D eigenvalue weighted by molar-refractivity contribution is 7.12. The summed E-state index contributed by atoms with van der Waals surface area (Å²) in [4.78, 5) is 18.9. The number of methoxy groups -OCH3 is 1. The fraction of sp³-hybridized carbons (Fsp3) is 0.231. The van der Waals surface area contributed by atoms with Gasteiger partial charge in [-0.05, 0) is 11.4 Å². The van der Waals surface area contributed by atoms with Gasteiger partial charge in [0.2, 0.25) is 0 Å². The molecule has 0 saturated heterocycles. The zero-order valence-electron chi connectivity index (χ0n) is 10.3. The Morgan fingerprint density at radius 2 is 2.42 bits per heavy atom. The van der Waals surface area contributed by atoms with Crippen molar-refractivity contribution in [2.45, 2.75) is 0 Å². The van der Waals surface area contributed by atoms with Crippen molar-refractivity contribution >= 4 is 22.9 Å². The Hall–Kier alpha value is -2.08. The maximum absolute atomic E-state index is 12.6. The summed E-state index contributed by atoms with van der Waals surface area (Å²) in [5.41, 5.74) is 0.703. The first-order valence-corrected chi connectivity index (χ1v) is 6.69. The third kappa shape index (κ3) is 2.04. The number of anilines is 1. The number of pyridine rings is 1. The van der Waals surface area contributed by atoms with Gasteiger partial charge in [0.05, 0.1) is 19.9 Å². The van der Waals surface area contributed by atoms with E-state index in [1.807, 2.05) is 5.38 Å². The number of carbonyl (C=O) groups excluding carboxylic acids is 1. The van der Waals surface area contributed by atoms with E-state index in [-0.39, 0.29) is 5.91 Å². The Balaban J connectivity index is 1.98. The fourth-order valence-corrected chi connectivity index (χ4v) is 2.82. The average molecular weight is 276 g/mol. The SMILES string of the molecule is COc1ccsc1C(=O)N1CCOc2ccncc21. The van der Waals surface area contributed by atoms with Crippen molar-refractivity contribution in [3.63, 3.8) is 0 Å². The molecule has 0 N–H and O–H groups in total. The van der Waals surface area contributed by atoms with E-state index < -0.39 is 0 Å². The van der Waals surface area contributed by atoms with Crippen LogP contribution < -0.4 is 14.4 Å². The Bertz CT molecular complexity index is 611. The molecule has 3 rings (SSSR count). The van der Waals surface area contributed by atoms with Gasteiger partial charge in [-0.1, -0.05) is 0 Å². The third-order valence-corrected chi connectivity index (χ3v) is 3.80. The molecule has 19 heavy (non-hydrogen) atoms. The Morgan fingerprint density at radius 1 is 1.53 bits per heavy atom. The smallest absolute Gasteiger partial charge is 0.272 e. The summed E-state index contributed by atoms with van der Waals surface area (Å²) in [6, 6.07) is 3.56. The number of ether oxygens (including phenoxy) is 2. The van der Waals surface area contributed by atoms with E-state index in [1.165, 1.54) is 11.3 Å². The summed E-state index contributed by atoms with van der Waals surface area (Å²) < 4.78 is 10.7. The molecule has 0 unspecified atom stereocenters. The molecule has 1 aliphatic rings. The minimum atomic E-state index is -0.0793. The van der Waals surface area contributed by atoms with Gasteiger partial charge in [0.15, 0.2) is 0 Å². The zero-order valence-corrected chi connectivity index (χ0v) is 11.1. The average Bonchev–Trinajstić information content (AvgIpc) is 2.94. The van der Waals surface area contributed by atoms with Gasteiger partial charge in [0, 0.05) is 12.3 Å². The van der Waals surface area contributed by atoms with Gasteiger partial charge in [-0.15, -0.1) is 11.3 Å². The molecule has 0 saturated carbocycles. The summed E-state index contributed by atoms with van der Waals surface area (Å²) in [5.74, 6) is 1.21. The highest BCUT2D eigenvalue weighted by Gasteiger charge is 2.27. The van der Waals surface area contributed by atoms with Crippen LogP contribution in [0.5, 0.6) is 11.5 Å². The van der Waals surface area contributed by atoms with Crippen molar-refractivity contribution in [2.75, 3.05) is 25.2 Å². The lowest BCUT2D eigenvalue weighted by Gasteiger charge is -2.28. The van der Waals surface area contributed by atoms with Crippen molar-refractivity contribution < 1.29 is 14.3 Å². The molecule has 0 aliphatic carbocycles. The topological polar surface area (TPSA) is 51.7 Å². The second-order valence-electron chi connectivity index (χ2n) is 3.97. The van der Waals surface area contributed by atoms with Crippen LogP contribution in [0.2, 0.25) is 0 Å². The molecule has 6 heteroatoms. The molecule has 2 aromatic heterocycles. The van der Waals surface area contributed by atoms with Crippen LogP contribution in [-0.4, -0.2) is 31.2 Å². The van der Waals surface area contributed by atoms with Crippen molar-refractivity contribution in [3.8, 4) is 11.5 Å². The molecule has 0 fully saturated rings. The van der Waals surface area contributed by atoms with Crippen molar-refractivity contribution in [3.05, 3.63) is 34.8 Å². The van der Waals surface area contributed by atoms with Crippen molar-refractivity contribution in [2.24, 2.45) is 0 Å². The molecule has 98 valence electrons. The first-order valence-electron chi connectivity index (χ1n) is 5.81. The molecule has 5 nitrogen and oxygen atoms in total.